The molecule has 1 nitrogen and oxygen atoms in total. The van der Waals surface area contributed by atoms with E-state index in [0.29, 0.717) is 0 Å². The number of fused-ring (bicyclic) bond motifs is 2. The molecule has 0 bridgehead atoms. The van der Waals surface area contributed by atoms with E-state index in [9.17, 15) is 0 Å². The zero-order valence-corrected chi connectivity index (χ0v) is 18.4. The largest absolute Gasteiger partial charge is 0.456 e. The number of benzene rings is 5. The Morgan fingerprint density at radius 1 is 0.500 bits per heavy atom. The van der Waals surface area contributed by atoms with Crippen LogP contribution in [0.4, 0.5) is 0 Å². The van der Waals surface area contributed by atoms with Gasteiger partial charge < -0.3 is 4.42 Å². The van der Waals surface area contributed by atoms with Gasteiger partial charge in [0.05, 0.1) is 0 Å². The molecule has 0 saturated carbocycles. The molecule has 152 valence electrons. The van der Waals surface area contributed by atoms with E-state index in [1.807, 2.05) is 12.1 Å². The van der Waals surface area contributed by atoms with Gasteiger partial charge in [-0.15, -0.1) is 0 Å². The lowest BCUT2D eigenvalue weighted by Gasteiger charge is -2.23. The van der Waals surface area contributed by atoms with Crippen molar-refractivity contribution in [3.05, 3.63) is 127 Å². The summed E-state index contributed by atoms with van der Waals surface area (Å²) in [4.78, 5) is 0. The van der Waals surface area contributed by atoms with Crippen LogP contribution >= 0.6 is 7.92 Å². The van der Waals surface area contributed by atoms with Crippen LogP contribution in [0.3, 0.4) is 0 Å². The third-order valence-electron chi connectivity index (χ3n) is 5.85. The molecule has 32 heavy (non-hydrogen) atoms. The Labute approximate surface area is 188 Å². The highest BCUT2D eigenvalue weighted by atomic mass is 31.1. The van der Waals surface area contributed by atoms with Crippen LogP contribution in [0, 0.1) is 0 Å². The number of hydrogen-bond acceptors (Lipinski definition) is 1. The number of furan rings is 1. The minimum Gasteiger partial charge on any atom is -0.456 e. The molecular formula is C30H21OP. The molecule has 0 aliphatic heterocycles. The fourth-order valence-electron chi connectivity index (χ4n) is 4.39. The monoisotopic (exact) mass is 428 g/mol. The number of hydrogen-bond donors (Lipinski definition) is 0. The minimum atomic E-state index is -0.753. The zero-order chi connectivity index (χ0) is 21.3. The standard InChI is InChI=1S/C30H21OP/c1-3-13-24(14-4-1)32(25-15-5-2-6-16-25)29-20-19-22-11-7-9-17-26(22)30(29)28-21-23-12-8-10-18-27(23)31-28/h1-21H. The number of para-hydroxylation sites is 1. The van der Waals surface area contributed by atoms with Crippen molar-refractivity contribution in [1.82, 2.24) is 0 Å². The molecule has 0 spiro atoms. The fraction of sp³-hybridized carbons (Fsp3) is 0. The topological polar surface area (TPSA) is 13.1 Å². The van der Waals surface area contributed by atoms with Gasteiger partial charge in [-0.25, -0.2) is 0 Å². The molecule has 0 saturated heterocycles. The van der Waals surface area contributed by atoms with Crippen LogP contribution in [0.5, 0.6) is 0 Å². The second-order valence-electron chi connectivity index (χ2n) is 7.84. The summed E-state index contributed by atoms with van der Waals surface area (Å²) < 4.78 is 6.44. The Hall–Kier alpha value is -3.67. The maximum absolute atomic E-state index is 6.44. The van der Waals surface area contributed by atoms with Crippen LogP contribution in [0.1, 0.15) is 0 Å². The Bertz CT molecular complexity index is 1440. The predicted molar refractivity (Wildman–Crippen MR) is 138 cm³/mol. The minimum absolute atomic E-state index is 0.753. The molecular weight excluding hydrogens is 407 g/mol. The smallest absolute Gasteiger partial charge is 0.136 e. The van der Waals surface area contributed by atoms with E-state index in [0.717, 1.165) is 16.7 Å². The van der Waals surface area contributed by atoms with E-state index < -0.39 is 7.92 Å². The van der Waals surface area contributed by atoms with E-state index in [1.54, 1.807) is 0 Å². The molecule has 6 rings (SSSR count). The summed E-state index contributed by atoms with van der Waals surface area (Å²) in [6, 6.07) is 45.3. The lowest BCUT2D eigenvalue weighted by molar-refractivity contribution is 0.633. The first kappa shape index (κ1) is 19.0. The molecule has 1 heterocycles. The Balaban J connectivity index is 1.69. The van der Waals surface area contributed by atoms with Gasteiger partial charge in [-0.3, -0.25) is 0 Å². The van der Waals surface area contributed by atoms with Crippen LogP contribution in [0.25, 0.3) is 33.1 Å². The maximum Gasteiger partial charge on any atom is 0.136 e. The molecule has 0 radical (unpaired) electrons. The van der Waals surface area contributed by atoms with Crippen LogP contribution in [0.2, 0.25) is 0 Å². The molecule has 0 fully saturated rings. The molecule has 1 aromatic heterocycles. The van der Waals surface area contributed by atoms with Crippen molar-refractivity contribution < 1.29 is 4.42 Å². The van der Waals surface area contributed by atoms with E-state index >= 15 is 0 Å². The first-order valence-electron chi connectivity index (χ1n) is 10.8. The fourth-order valence-corrected chi connectivity index (χ4v) is 6.86. The number of rotatable bonds is 4. The molecule has 2 heteroatoms. The lowest BCUT2D eigenvalue weighted by atomic mass is 10.0. The average Bonchev–Trinajstić information content (AvgIpc) is 3.29. The summed E-state index contributed by atoms with van der Waals surface area (Å²) in [5.74, 6) is 0.928. The molecule has 0 amide bonds. The Morgan fingerprint density at radius 3 is 1.78 bits per heavy atom. The van der Waals surface area contributed by atoms with Crippen molar-refractivity contribution in [2.75, 3.05) is 0 Å². The van der Waals surface area contributed by atoms with Crippen LogP contribution < -0.4 is 15.9 Å². The molecule has 0 unspecified atom stereocenters. The summed E-state index contributed by atoms with van der Waals surface area (Å²) in [5.41, 5.74) is 2.11. The van der Waals surface area contributed by atoms with Gasteiger partial charge in [0.25, 0.3) is 0 Å². The Morgan fingerprint density at radius 2 is 1.09 bits per heavy atom. The van der Waals surface area contributed by atoms with Gasteiger partial charge >= 0.3 is 0 Å². The predicted octanol–water partition coefficient (Wildman–Crippen LogP) is 7.01. The van der Waals surface area contributed by atoms with Gasteiger partial charge in [-0.2, -0.15) is 0 Å². The van der Waals surface area contributed by atoms with Crippen molar-refractivity contribution in [2.45, 2.75) is 0 Å². The summed E-state index contributed by atoms with van der Waals surface area (Å²) >= 11 is 0. The van der Waals surface area contributed by atoms with Gasteiger partial charge in [-0.05, 0) is 46.7 Å². The SMILES string of the molecule is c1ccc(P(c2ccccc2)c2ccc3ccccc3c2-c2cc3ccccc3o2)cc1. The van der Waals surface area contributed by atoms with Crippen molar-refractivity contribution >= 4 is 45.6 Å². The van der Waals surface area contributed by atoms with E-state index in [1.165, 1.54) is 32.2 Å². The van der Waals surface area contributed by atoms with Gasteiger partial charge in [0.1, 0.15) is 11.3 Å². The second kappa shape index (κ2) is 8.11. The van der Waals surface area contributed by atoms with Gasteiger partial charge in [0, 0.05) is 10.9 Å². The summed E-state index contributed by atoms with van der Waals surface area (Å²) in [6.45, 7) is 0. The maximum atomic E-state index is 6.44. The van der Waals surface area contributed by atoms with Gasteiger partial charge in [-0.1, -0.05) is 115 Å². The third kappa shape index (κ3) is 3.32. The highest BCUT2D eigenvalue weighted by Gasteiger charge is 2.23. The van der Waals surface area contributed by atoms with Crippen molar-refractivity contribution in [1.29, 1.82) is 0 Å². The van der Waals surface area contributed by atoms with Crippen molar-refractivity contribution in [3.8, 4) is 11.3 Å². The molecule has 6 aromatic rings. The summed E-state index contributed by atoms with van der Waals surface area (Å²) in [7, 11) is -0.753. The van der Waals surface area contributed by atoms with E-state index in [-0.39, 0.29) is 0 Å². The molecule has 5 aromatic carbocycles. The van der Waals surface area contributed by atoms with Crippen molar-refractivity contribution in [2.24, 2.45) is 0 Å². The molecule has 0 aliphatic rings. The first-order valence-corrected chi connectivity index (χ1v) is 12.1. The van der Waals surface area contributed by atoms with Gasteiger partial charge in [0.2, 0.25) is 0 Å². The normalized spacial score (nSPS) is 11.4. The second-order valence-corrected chi connectivity index (χ2v) is 10.0. The Kier molecular flexibility index (Phi) is 4.83. The van der Waals surface area contributed by atoms with E-state index in [4.69, 9.17) is 4.42 Å². The highest BCUT2D eigenvalue weighted by molar-refractivity contribution is 7.80. The average molecular weight is 428 g/mol. The van der Waals surface area contributed by atoms with Crippen LogP contribution in [0.15, 0.2) is 132 Å². The third-order valence-corrected chi connectivity index (χ3v) is 8.33. The first-order chi connectivity index (χ1) is 15.9. The molecule has 0 atom stereocenters. The molecule has 0 N–H and O–H groups in total. The van der Waals surface area contributed by atoms with Crippen LogP contribution in [-0.4, -0.2) is 0 Å². The van der Waals surface area contributed by atoms with Crippen LogP contribution in [-0.2, 0) is 0 Å². The molecule has 0 aliphatic carbocycles. The zero-order valence-electron chi connectivity index (χ0n) is 17.5. The summed E-state index contributed by atoms with van der Waals surface area (Å²) in [6.07, 6.45) is 0. The van der Waals surface area contributed by atoms with Gasteiger partial charge in [0.15, 0.2) is 0 Å². The highest BCUT2D eigenvalue weighted by Crippen LogP contribution is 2.41. The lowest BCUT2D eigenvalue weighted by Crippen LogP contribution is -2.22. The quantitative estimate of drug-likeness (QED) is 0.275. The van der Waals surface area contributed by atoms with Crippen molar-refractivity contribution in [3.63, 3.8) is 0 Å². The van der Waals surface area contributed by atoms with E-state index in [2.05, 4.69) is 115 Å². The summed E-state index contributed by atoms with van der Waals surface area (Å²) in [5, 5.41) is 7.56.